The minimum Gasteiger partial charge on any atom is -0.349 e. The molecular weight excluding hydrogens is 288 g/mol. The molecule has 1 amide bonds. The summed E-state index contributed by atoms with van der Waals surface area (Å²) in [6.45, 7) is 3.33. The molecular formula is C18H26N4O. The number of nitrogens with one attached hydrogen (secondary N) is 3. The molecule has 0 radical (unpaired) electrons. The molecule has 1 fully saturated rings. The topological polar surface area (TPSA) is 69.8 Å². The molecule has 1 aliphatic rings. The summed E-state index contributed by atoms with van der Waals surface area (Å²) in [5.41, 5.74) is 1.67. The Morgan fingerprint density at radius 3 is 2.83 bits per heavy atom. The molecule has 0 saturated heterocycles. The maximum absolute atomic E-state index is 12.4. The molecule has 0 atom stereocenters. The second-order valence-corrected chi connectivity index (χ2v) is 6.50. The summed E-state index contributed by atoms with van der Waals surface area (Å²) in [5.74, 6) is 0.0236. The highest BCUT2D eigenvalue weighted by molar-refractivity contribution is 5.97. The standard InChI is InChI=1S/C18H26N4O/c1-2-3-10-19-15-5-7-16(8-6-15)21-18(23)13-4-9-17-14(11-13)12-20-22-17/h4,9,11-12,15-16,19H,2-3,5-8,10H2,1H3,(H,20,22)(H,21,23)/t15-,16-. The van der Waals surface area contributed by atoms with Gasteiger partial charge in [0.25, 0.3) is 5.91 Å². The fraction of sp³-hybridized carbons (Fsp3) is 0.556. The van der Waals surface area contributed by atoms with Crippen LogP contribution in [-0.4, -0.2) is 34.7 Å². The molecule has 3 rings (SSSR count). The lowest BCUT2D eigenvalue weighted by Crippen LogP contribution is -2.42. The van der Waals surface area contributed by atoms with E-state index < -0.39 is 0 Å². The number of rotatable bonds is 6. The van der Waals surface area contributed by atoms with E-state index in [-0.39, 0.29) is 5.91 Å². The highest BCUT2D eigenvalue weighted by Gasteiger charge is 2.22. The number of aromatic amines is 1. The van der Waals surface area contributed by atoms with Crippen LogP contribution in [0.25, 0.3) is 10.9 Å². The number of aromatic nitrogens is 2. The highest BCUT2D eigenvalue weighted by atomic mass is 16.1. The van der Waals surface area contributed by atoms with Crippen molar-refractivity contribution >= 4 is 16.8 Å². The summed E-state index contributed by atoms with van der Waals surface area (Å²) in [6, 6.07) is 6.58. The number of benzene rings is 1. The van der Waals surface area contributed by atoms with E-state index in [1.54, 1.807) is 6.20 Å². The monoisotopic (exact) mass is 314 g/mol. The summed E-state index contributed by atoms with van der Waals surface area (Å²) in [7, 11) is 0. The van der Waals surface area contributed by atoms with Crippen molar-refractivity contribution in [2.75, 3.05) is 6.54 Å². The Kier molecular flexibility index (Phi) is 5.28. The number of carbonyl (C=O) groups excluding carboxylic acids is 1. The van der Waals surface area contributed by atoms with Crippen LogP contribution in [0.4, 0.5) is 0 Å². The lowest BCUT2D eigenvalue weighted by atomic mass is 9.91. The summed E-state index contributed by atoms with van der Waals surface area (Å²) < 4.78 is 0. The molecule has 3 N–H and O–H groups in total. The smallest absolute Gasteiger partial charge is 0.251 e. The molecule has 5 nitrogen and oxygen atoms in total. The number of fused-ring (bicyclic) bond motifs is 1. The zero-order valence-electron chi connectivity index (χ0n) is 13.8. The number of H-pyrrole nitrogens is 1. The Bertz CT molecular complexity index is 643. The molecule has 1 aliphatic carbocycles. The van der Waals surface area contributed by atoms with Crippen LogP contribution in [0.3, 0.4) is 0 Å². The highest BCUT2D eigenvalue weighted by Crippen LogP contribution is 2.20. The normalized spacial score (nSPS) is 21.4. The fourth-order valence-corrected chi connectivity index (χ4v) is 3.28. The fourth-order valence-electron chi connectivity index (χ4n) is 3.28. The first-order valence-electron chi connectivity index (χ1n) is 8.73. The summed E-state index contributed by atoms with van der Waals surface area (Å²) in [5, 5.41) is 14.7. The van der Waals surface area contributed by atoms with Gasteiger partial charge in [0.2, 0.25) is 0 Å². The van der Waals surface area contributed by atoms with E-state index in [9.17, 15) is 4.79 Å². The number of hydrogen-bond donors (Lipinski definition) is 3. The zero-order valence-corrected chi connectivity index (χ0v) is 13.8. The minimum absolute atomic E-state index is 0.0236. The molecule has 5 heteroatoms. The molecule has 1 aromatic carbocycles. The van der Waals surface area contributed by atoms with Crippen LogP contribution in [0.2, 0.25) is 0 Å². The van der Waals surface area contributed by atoms with E-state index >= 15 is 0 Å². The first kappa shape index (κ1) is 16.0. The Labute approximate surface area is 137 Å². The van der Waals surface area contributed by atoms with Crippen LogP contribution < -0.4 is 10.6 Å². The largest absolute Gasteiger partial charge is 0.349 e. The molecule has 1 saturated carbocycles. The van der Waals surface area contributed by atoms with E-state index in [4.69, 9.17) is 0 Å². The second-order valence-electron chi connectivity index (χ2n) is 6.50. The SMILES string of the molecule is CCCCN[C@H]1CC[C@H](NC(=O)c2ccc3[nH]ncc3c2)CC1. The van der Waals surface area contributed by atoms with Gasteiger partial charge in [0, 0.05) is 23.0 Å². The van der Waals surface area contributed by atoms with Crippen molar-refractivity contribution in [3.8, 4) is 0 Å². The van der Waals surface area contributed by atoms with E-state index in [1.165, 1.54) is 12.8 Å². The Morgan fingerprint density at radius 2 is 2.04 bits per heavy atom. The lowest BCUT2D eigenvalue weighted by molar-refractivity contribution is 0.0924. The number of nitrogens with zero attached hydrogens (tertiary/aromatic N) is 1. The summed E-state index contributed by atoms with van der Waals surface area (Å²) in [4.78, 5) is 12.4. The molecule has 0 spiro atoms. The Hall–Kier alpha value is -1.88. The average molecular weight is 314 g/mol. The lowest BCUT2D eigenvalue weighted by Gasteiger charge is -2.29. The van der Waals surface area contributed by atoms with Crippen molar-refractivity contribution in [3.63, 3.8) is 0 Å². The number of hydrogen-bond acceptors (Lipinski definition) is 3. The molecule has 0 bridgehead atoms. The summed E-state index contributed by atoms with van der Waals surface area (Å²) >= 11 is 0. The molecule has 0 aliphatic heterocycles. The second kappa shape index (κ2) is 7.59. The molecule has 124 valence electrons. The van der Waals surface area contributed by atoms with Crippen molar-refractivity contribution in [3.05, 3.63) is 30.0 Å². The van der Waals surface area contributed by atoms with Crippen LogP contribution in [0.15, 0.2) is 24.4 Å². The maximum Gasteiger partial charge on any atom is 0.251 e. The third-order valence-corrected chi connectivity index (χ3v) is 4.73. The van der Waals surface area contributed by atoms with Gasteiger partial charge in [-0.15, -0.1) is 0 Å². The Balaban J connectivity index is 1.49. The van der Waals surface area contributed by atoms with Crippen molar-refractivity contribution in [1.29, 1.82) is 0 Å². The number of carbonyl (C=O) groups is 1. The Morgan fingerprint density at radius 1 is 1.26 bits per heavy atom. The van der Waals surface area contributed by atoms with Gasteiger partial charge >= 0.3 is 0 Å². The minimum atomic E-state index is 0.0236. The van der Waals surface area contributed by atoms with E-state index in [1.807, 2.05) is 18.2 Å². The zero-order chi connectivity index (χ0) is 16.1. The van der Waals surface area contributed by atoms with E-state index in [0.29, 0.717) is 17.6 Å². The van der Waals surface area contributed by atoms with Gasteiger partial charge in [0.05, 0.1) is 11.7 Å². The van der Waals surface area contributed by atoms with Gasteiger partial charge in [0.15, 0.2) is 0 Å². The predicted octanol–water partition coefficient (Wildman–Crippen LogP) is 2.99. The van der Waals surface area contributed by atoms with Gasteiger partial charge in [-0.2, -0.15) is 5.10 Å². The third-order valence-electron chi connectivity index (χ3n) is 4.73. The first-order valence-corrected chi connectivity index (χ1v) is 8.73. The van der Waals surface area contributed by atoms with Crippen LogP contribution in [0.1, 0.15) is 55.8 Å². The van der Waals surface area contributed by atoms with Crippen molar-refractivity contribution in [2.45, 2.75) is 57.5 Å². The van der Waals surface area contributed by atoms with Gasteiger partial charge in [-0.1, -0.05) is 13.3 Å². The number of amides is 1. The molecule has 0 unspecified atom stereocenters. The quantitative estimate of drug-likeness (QED) is 0.718. The van der Waals surface area contributed by atoms with Crippen LogP contribution in [0, 0.1) is 0 Å². The van der Waals surface area contributed by atoms with Crippen molar-refractivity contribution in [1.82, 2.24) is 20.8 Å². The van der Waals surface area contributed by atoms with Gasteiger partial charge in [-0.3, -0.25) is 9.89 Å². The third kappa shape index (κ3) is 4.10. The van der Waals surface area contributed by atoms with Gasteiger partial charge in [0.1, 0.15) is 0 Å². The summed E-state index contributed by atoms with van der Waals surface area (Å²) in [6.07, 6.45) is 8.64. The maximum atomic E-state index is 12.4. The van der Waals surface area contributed by atoms with Crippen molar-refractivity contribution < 1.29 is 4.79 Å². The first-order chi connectivity index (χ1) is 11.3. The van der Waals surface area contributed by atoms with Crippen molar-refractivity contribution in [2.24, 2.45) is 0 Å². The van der Waals surface area contributed by atoms with Gasteiger partial charge < -0.3 is 10.6 Å². The predicted molar refractivity (Wildman–Crippen MR) is 92.5 cm³/mol. The van der Waals surface area contributed by atoms with Gasteiger partial charge in [-0.05, 0) is 56.8 Å². The molecule has 1 heterocycles. The van der Waals surface area contributed by atoms with Gasteiger partial charge in [-0.25, -0.2) is 0 Å². The molecule has 2 aromatic rings. The van der Waals surface area contributed by atoms with E-state index in [2.05, 4.69) is 27.8 Å². The van der Waals surface area contributed by atoms with E-state index in [0.717, 1.165) is 43.1 Å². The average Bonchev–Trinajstić information content (AvgIpc) is 3.04. The van der Waals surface area contributed by atoms with Crippen LogP contribution >= 0.6 is 0 Å². The van der Waals surface area contributed by atoms with Crippen LogP contribution in [-0.2, 0) is 0 Å². The van der Waals surface area contributed by atoms with Crippen LogP contribution in [0.5, 0.6) is 0 Å². The molecule has 23 heavy (non-hydrogen) atoms. The molecule has 1 aromatic heterocycles. The number of unbranched alkanes of at least 4 members (excludes halogenated alkanes) is 1.